The van der Waals surface area contributed by atoms with Crippen LogP contribution in [-0.4, -0.2) is 30.1 Å². The molecule has 1 aromatic carbocycles. The normalized spacial score (nSPS) is 22.1. The summed E-state index contributed by atoms with van der Waals surface area (Å²) in [7, 11) is 1.61. The molecule has 1 fully saturated rings. The molecule has 1 saturated heterocycles. The third-order valence-corrected chi connectivity index (χ3v) is 4.44. The molecule has 2 unspecified atom stereocenters. The lowest BCUT2D eigenvalue weighted by Gasteiger charge is -2.16. The van der Waals surface area contributed by atoms with Crippen LogP contribution in [0.3, 0.4) is 0 Å². The number of carbonyl (C=O) groups excluding carboxylic acids is 1. The molecule has 1 aliphatic heterocycles. The van der Waals surface area contributed by atoms with Gasteiger partial charge in [-0.2, -0.15) is 11.8 Å². The Labute approximate surface area is 118 Å². The number of rotatable bonds is 4. The maximum atomic E-state index is 11.1. The van der Waals surface area contributed by atoms with Gasteiger partial charge in [-0.1, -0.05) is 6.92 Å². The highest BCUT2D eigenvalue weighted by Gasteiger charge is 2.21. The van der Waals surface area contributed by atoms with Gasteiger partial charge in [0.25, 0.3) is 0 Å². The minimum Gasteiger partial charge on any atom is -0.494 e. The zero-order valence-corrected chi connectivity index (χ0v) is 12.3. The Kier molecular flexibility index (Phi) is 4.58. The Hall–Kier alpha value is -1.36. The quantitative estimate of drug-likeness (QED) is 0.890. The number of benzene rings is 1. The fourth-order valence-corrected chi connectivity index (χ4v) is 3.38. The predicted octanol–water partition coefficient (Wildman–Crippen LogP) is 2.96. The van der Waals surface area contributed by atoms with Crippen LogP contribution in [0.1, 0.15) is 20.3 Å². The first-order valence-electron chi connectivity index (χ1n) is 6.42. The van der Waals surface area contributed by atoms with Gasteiger partial charge in [-0.3, -0.25) is 4.79 Å². The average molecular weight is 280 g/mol. The second-order valence-electron chi connectivity index (χ2n) is 4.82. The molecular weight excluding hydrogens is 260 g/mol. The van der Waals surface area contributed by atoms with Crippen molar-refractivity contribution in [3.8, 4) is 5.75 Å². The molecule has 2 rings (SSSR count). The molecule has 0 aromatic heterocycles. The van der Waals surface area contributed by atoms with Crippen LogP contribution >= 0.6 is 11.8 Å². The van der Waals surface area contributed by atoms with Gasteiger partial charge in [0, 0.05) is 35.7 Å². The van der Waals surface area contributed by atoms with Crippen molar-refractivity contribution in [2.45, 2.75) is 31.6 Å². The molecule has 0 saturated carbocycles. The maximum Gasteiger partial charge on any atom is 0.221 e. The fourth-order valence-electron chi connectivity index (χ4n) is 2.23. The second kappa shape index (κ2) is 6.19. The summed E-state index contributed by atoms with van der Waals surface area (Å²) in [5.74, 6) is 1.72. The summed E-state index contributed by atoms with van der Waals surface area (Å²) in [4.78, 5) is 11.1. The topological polar surface area (TPSA) is 50.4 Å². The average Bonchev–Trinajstić information content (AvgIpc) is 2.76. The van der Waals surface area contributed by atoms with Crippen LogP contribution in [-0.2, 0) is 4.79 Å². The molecule has 19 heavy (non-hydrogen) atoms. The summed E-state index contributed by atoms with van der Waals surface area (Å²) < 4.78 is 5.31. The Morgan fingerprint density at radius 3 is 2.84 bits per heavy atom. The number of hydrogen-bond acceptors (Lipinski definition) is 4. The SMILES string of the molecule is COc1cc(NC2CSC(C)C2)ccc1NC(C)=O. The highest BCUT2D eigenvalue weighted by molar-refractivity contribution is 8.00. The molecule has 104 valence electrons. The van der Waals surface area contributed by atoms with Crippen molar-refractivity contribution in [2.75, 3.05) is 23.5 Å². The van der Waals surface area contributed by atoms with Crippen LogP contribution in [0, 0.1) is 0 Å². The van der Waals surface area contributed by atoms with Gasteiger partial charge in [-0.25, -0.2) is 0 Å². The fraction of sp³-hybridized carbons (Fsp3) is 0.500. The van der Waals surface area contributed by atoms with E-state index in [1.165, 1.54) is 13.3 Å². The molecule has 0 bridgehead atoms. The Balaban J connectivity index is 2.08. The van der Waals surface area contributed by atoms with Gasteiger partial charge in [0.1, 0.15) is 5.75 Å². The van der Waals surface area contributed by atoms with Crippen LogP contribution in [0.5, 0.6) is 5.75 Å². The Morgan fingerprint density at radius 2 is 2.26 bits per heavy atom. The third kappa shape index (κ3) is 3.80. The Morgan fingerprint density at radius 1 is 1.47 bits per heavy atom. The van der Waals surface area contributed by atoms with Crippen LogP contribution in [0.25, 0.3) is 0 Å². The number of methoxy groups -OCH3 is 1. The number of anilines is 2. The minimum atomic E-state index is -0.0972. The maximum absolute atomic E-state index is 11.1. The highest BCUT2D eigenvalue weighted by Crippen LogP contribution is 2.31. The molecule has 5 heteroatoms. The number of thioether (sulfide) groups is 1. The van der Waals surface area contributed by atoms with Crippen molar-refractivity contribution in [3.63, 3.8) is 0 Å². The first-order valence-corrected chi connectivity index (χ1v) is 7.47. The van der Waals surface area contributed by atoms with Crippen LogP contribution in [0.4, 0.5) is 11.4 Å². The number of ether oxygens (including phenoxy) is 1. The van der Waals surface area contributed by atoms with E-state index in [1.54, 1.807) is 7.11 Å². The number of amides is 1. The van der Waals surface area contributed by atoms with E-state index < -0.39 is 0 Å². The molecule has 1 heterocycles. The van der Waals surface area contributed by atoms with Crippen molar-refractivity contribution >= 4 is 29.0 Å². The third-order valence-electron chi connectivity index (χ3n) is 3.08. The number of nitrogens with one attached hydrogen (secondary N) is 2. The monoisotopic (exact) mass is 280 g/mol. The van der Waals surface area contributed by atoms with Gasteiger partial charge in [0.2, 0.25) is 5.91 Å². The molecule has 2 N–H and O–H groups in total. The summed E-state index contributed by atoms with van der Waals surface area (Å²) in [6.07, 6.45) is 1.18. The lowest BCUT2D eigenvalue weighted by atomic mass is 10.1. The molecule has 0 spiro atoms. The number of hydrogen-bond donors (Lipinski definition) is 2. The van der Waals surface area contributed by atoms with Crippen molar-refractivity contribution in [1.29, 1.82) is 0 Å². The minimum absolute atomic E-state index is 0.0972. The van der Waals surface area contributed by atoms with Crippen molar-refractivity contribution in [3.05, 3.63) is 18.2 Å². The van der Waals surface area contributed by atoms with Gasteiger partial charge < -0.3 is 15.4 Å². The van der Waals surface area contributed by atoms with E-state index in [0.717, 1.165) is 16.7 Å². The van der Waals surface area contributed by atoms with E-state index in [2.05, 4.69) is 17.6 Å². The van der Waals surface area contributed by atoms with E-state index in [0.29, 0.717) is 17.5 Å². The predicted molar refractivity (Wildman–Crippen MR) is 81.2 cm³/mol. The van der Waals surface area contributed by atoms with E-state index in [9.17, 15) is 4.79 Å². The summed E-state index contributed by atoms with van der Waals surface area (Å²) in [6, 6.07) is 6.28. The van der Waals surface area contributed by atoms with Crippen LogP contribution in [0.15, 0.2) is 18.2 Å². The van der Waals surface area contributed by atoms with Crippen molar-refractivity contribution in [2.24, 2.45) is 0 Å². The summed E-state index contributed by atoms with van der Waals surface area (Å²) in [6.45, 7) is 3.75. The first kappa shape index (κ1) is 14.1. The summed E-state index contributed by atoms with van der Waals surface area (Å²) in [5, 5.41) is 6.99. The molecular formula is C14H20N2O2S. The van der Waals surface area contributed by atoms with Crippen molar-refractivity contribution < 1.29 is 9.53 Å². The zero-order valence-electron chi connectivity index (χ0n) is 11.5. The number of carbonyl (C=O) groups is 1. The lowest BCUT2D eigenvalue weighted by Crippen LogP contribution is -2.19. The molecule has 0 radical (unpaired) electrons. The lowest BCUT2D eigenvalue weighted by molar-refractivity contribution is -0.114. The van der Waals surface area contributed by atoms with Gasteiger partial charge in [0.15, 0.2) is 0 Å². The summed E-state index contributed by atoms with van der Waals surface area (Å²) >= 11 is 2.00. The molecule has 1 aromatic rings. The van der Waals surface area contributed by atoms with E-state index >= 15 is 0 Å². The Bertz CT molecular complexity index is 465. The molecule has 1 amide bonds. The van der Waals surface area contributed by atoms with Gasteiger partial charge in [-0.05, 0) is 18.6 Å². The zero-order chi connectivity index (χ0) is 13.8. The van der Waals surface area contributed by atoms with E-state index in [4.69, 9.17) is 4.74 Å². The first-order chi connectivity index (χ1) is 9.08. The van der Waals surface area contributed by atoms with E-state index in [1.807, 2.05) is 30.0 Å². The van der Waals surface area contributed by atoms with E-state index in [-0.39, 0.29) is 5.91 Å². The van der Waals surface area contributed by atoms with Gasteiger partial charge in [-0.15, -0.1) is 0 Å². The molecule has 0 aliphatic carbocycles. The molecule has 4 nitrogen and oxygen atoms in total. The second-order valence-corrected chi connectivity index (χ2v) is 6.29. The van der Waals surface area contributed by atoms with Gasteiger partial charge in [0.05, 0.1) is 12.8 Å². The highest BCUT2D eigenvalue weighted by atomic mass is 32.2. The molecule has 1 aliphatic rings. The smallest absolute Gasteiger partial charge is 0.221 e. The standard InChI is InChI=1S/C14H20N2O2S/c1-9-6-12(8-19-9)16-11-4-5-13(15-10(2)17)14(7-11)18-3/h4-5,7,9,12,16H,6,8H2,1-3H3,(H,15,17). The largest absolute Gasteiger partial charge is 0.494 e. The van der Waals surface area contributed by atoms with Crippen LogP contribution < -0.4 is 15.4 Å². The molecule has 2 atom stereocenters. The van der Waals surface area contributed by atoms with Crippen LogP contribution in [0.2, 0.25) is 0 Å². The van der Waals surface area contributed by atoms with Gasteiger partial charge >= 0.3 is 0 Å². The van der Waals surface area contributed by atoms with Crippen molar-refractivity contribution in [1.82, 2.24) is 0 Å². The summed E-state index contributed by atoms with van der Waals surface area (Å²) in [5.41, 5.74) is 1.74.